The van der Waals surface area contributed by atoms with Crippen LogP contribution in [0.5, 0.6) is 0 Å². The summed E-state index contributed by atoms with van der Waals surface area (Å²) >= 11 is 0. The molecule has 0 aliphatic heterocycles. The smallest absolute Gasteiger partial charge is 0.0714 e. The van der Waals surface area contributed by atoms with Crippen molar-refractivity contribution >= 4 is 60.4 Å². The van der Waals surface area contributed by atoms with Crippen molar-refractivity contribution in [2.45, 2.75) is 5.41 Å². The molecule has 0 spiro atoms. The maximum atomic E-state index is 2.55. The van der Waals surface area contributed by atoms with Gasteiger partial charge in [-0.15, -0.1) is 0 Å². The molecule has 13 aromatic rings. The number of benzene rings is 12. The highest BCUT2D eigenvalue weighted by Crippen LogP contribution is 2.57. The van der Waals surface area contributed by atoms with E-state index in [1.54, 1.807) is 0 Å². The Morgan fingerprint density at radius 2 is 0.803 bits per heavy atom. The zero-order valence-corrected chi connectivity index (χ0v) is 39.0. The van der Waals surface area contributed by atoms with Crippen LogP contribution in [-0.4, -0.2) is 4.57 Å². The first kappa shape index (κ1) is 40.8. The van der Waals surface area contributed by atoms with Crippen LogP contribution in [-0.2, 0) is 5.41 Å². The van der Waals surface area contributed by atoms with Crippen LogP contribution in [0.3, 0.4) is 0 Å². The molecule has 0 saturated carbocycles. The Labute approximate surface area is 413 Å². The molecular formula is C69H46N2. The largest absolute Gasteiger partial charge is 0.311 e. The third kappa shape index (κ3) is 6.35. The second kappa shape index (κ2) is 16.5. The Morgan fingerprint density at radius 1 is 0.296 bits per heavy atom. The van der Waals surface area contributed by atoms with Gasteiger partial charge < -0.3 is 9.47 Å². The highest BCUT2D eigenvalue weighted by atomic mass is 15.1. The highest BCUT2D eigenvalue weighted by Gasteiger charge is 2.46. The van der Waals surface area contributed by atoms with E-state index in [1.165, 1.54) is 93.4 Å². The Morgan fingerprint density at radius 3 is 1.46 bits per heavy atom. The minimum atomic E-state index is -0.526. The Hall–Kier alpha value is -9.24. The van der Waals surface area contributed by atoms with Crippen molar-refractivity contribution in [2.75, 3.05) is 4.90 Å². The molecule has 0 fully saturated rings. The van der Waals surface area contributed by atoms with Crippen LogP contribution < -0.4 is 4.90 Å². The lowest BCUT2D eigenvalue weighted by molar-refractivity contribution is 0.767. The summed E-state index contributed by atoms with van der Waals surface area (Å²) < 4.78 is 2.55. The highest BCUT2D eigenvalue weighted by molar-refractivity contribution is 6.26. The molecule has 0 amide bonds. The maximum absolute atomic E-state index is 2.55. The van der Waals surface area contributed by atoms with Gasteiger partial charge in [0, 0.05) is 33.5 Å². The van der Waals surface area contributed by atoms with E-state index in [0.717, 1.165) is 28.3 Å². The Balaban J connectivity index is 1.01. The van der Waals surface area contributed by atoms with Gasteiger partial charge in [0.05, 0.1) is 16.4 Å². The van der Waals surface area contributed by atoms with E-state index in [-0.39, 0.29) is 0 Å². The van der Waals surface area contributed by atoms with Crippen molar-refractivity contribution in [2.24, 2.45) is 0 Å². The van der Waals surface area contributed by atoms with Gasteiger partial charge in [0.15, 0.2) is 0 Å². The van der Waals surface area contributed by atoms with E-state index in [2.05, 4.69) is 289 Å². The number of aromatic nitrogens is 1. The van der Waals surface area contributed by atoms with Crippen LogP contribution in [0.1, 0.15) is 22.3 Å². The average Bonchev–Trinajstić information content (AvgIpc) is 3.93. The summed E-state index contributed by atoms with van der Waals surface area (Å²) in [5.41, 5.74) is 18.7. The standard InChI is InChI=1S/C69H46N2/c1-5-23-50(24-6-1)69(51-25-7-2-8-26-51)64-36-20-19-34-59(64)60-42-41-55(45-65(60)69)71-66-44-49-22-14-13-21-48(49)43-63(66)68-61-35-18-17-33-58(61)62(46-67(68)71)57-32-16-15-31-56(57)47-37-39-54(40-38-47)70(52-27-9-3-10-28-52)53-29-11-4-12-30-53/h1-46H. The van der Waals surface area contributed by atoms with E-state index in [4.69, 9.17) is 0 Å². The number of para-hydroxylation sites is 2. The first-order valence-electron chi connectivity index (χ1n) is 24.6. The lowest BCUT2D eigenvalue weighted by Crippen LogP contribution is -2.28. The van der Waals surface area contributed by atoms with Crippen LogP contribution in [0.4, 0.5) is 17.1 Å². The van der Waals surface area contributed by atoms with Gasteiger partial charge in [-0.25, -0.2) is 0 Å². The number of hydrogen-bond donors (Lipinski definition) is 0. The lowest BCUT2D eigenvalue weighted by atomic mass is 9.67. The third-order valence-corrected chi connectivity index (χ3v) is 15.0. The van der Waals surface area contributed by atoms with Crippen LogP contribution in [0.25, 0.3) is 82.4 Å². The molecule has 0 radical (unpaired) electrons. The van der Waals surface area contributed by atoms with E-state index in [0.29, 0.717) is 0 Å². The lowest BCUT2D eigenvalue weighted by Gasteiger charge is -2.34. The van der Waals surface area contributed by atoms with Crippen molar-refractivity contribution in [3.63, 3.8) is 0 Å². The van der Waals surface area contributed by atoms with Gasteiger partial charge >= 0.3 is 0 Å². The number of hydrogen-bond acceptors (Lipinski definition) is 1. The van der Waals surface area contributed by atoms with E-state index in [1.807, 2.05) is 0 Å². The summed E-state index contributed by atoms with van der Waals surface area (Å²) in [7, 11) is 0. The second-order valence-corrected chi connectivity index (χ2v) is 18.8. The topological polar surface area (TPSA) is 8.17 Å². The van der Waals surface area contributed by atoms with Gasteiger partial charge in [0.2, 0.25) is 0 Å². The molecule has 2 heteroatoms. The van der Waals surface area contributed by atoms with Gasteiger partial charge in [-0.1, -0.05) is 212 Å². The normalized spacial score (nSPS) is 12.6. The number of nitrogens with zero attached hydrogens (tertiary/aromatic N) is 2. The van der Waals surface area contributed by atoms with Crippen LogP contribution in [0.2, 0.25) is 0 Å². The van der Waals surface area contributed by atoms with Crippen molar-refractivity contribution in [3.8, 4) is 39.1 Å². The Bertz CT molecular complexity index is 4060. The zero-order chi connectivity index (χ0) is 46.9. The summed E-state index contributed by atoms with van der Waals surface area (Å²) in [6.45, 7) is 0. The molecule has 1 aliphatic rings. The monoisotopic (exact) mass is 902 g/mol. The van der Waals surface area contributed by atoms with E-state index < -0.39 is 5.41 Å². The molecule has 14 rings (SSSR count). The molecule has 1 aliphatic carbocycles. The van der Waals surface area contributed by atoms with Crippen LogP contribution >= 0.6 is 0 Å². The van der Waals surface area contributed by atoms with E-state index >= 15 is 0 Å². The fraction of sp³-hybridized carbons (Fsp3) is 0.0145. The zero-order valence-electron chi connectivity index (χ0n) is 39.0. The number of fused-ring (bicyclic) bond motifs is 9. The van der Waals surface area contributed by atoms with Gasteiger partial charge in [-0.3, -0.25) is 0 Å². The molecule has 1 heterocycles. The Kier molecular flexibility index (Phi) is 9.47. The van der Waals surface area contributed by atoms with Crippen molar-refractivity contribution in [1.82, 2.24) is 4.57 Å². The minimum absolute atomic E-state index is 0.526. The van der Waals surface area contributed by atoms with Gasteiger partial charge in [0.1, 0.15) is 0 Å². The number of rotatable bonds is 8. The van der Waals surface area contributed by atoms with Crippen molar-refractivity contribution in [1.29, 1.82) is 0 Å². The summed E-state index contributed by atoms with van der Waals surface area (Å²) in [5, 5.41) is 7.42. The quantitative estimate of drug-likeness (QED) is 0.147. The summed E-state index contributed by atoms with van der Waals surface area (Å²) in [6, 6.07) is 103. The molecule has 0 bridgehead atoms. The van der Waals surface area contributed by atoms with Gasteiger partial charge in [-0.05, 0) is 144 Å². The summed E-state index contributed by atoms with van der Waals surface area (Å²) in [6.07, 6.45) is 0. The van der Waals surface area contributed by atoms with Gasteiger partial charge in [0.25, 0.3) is 0 Å². The first-order chi connectivity index (χ1) is 35.2. The molecular weight excluding hydrogens is 857 g/mol. The molecule has 2 nitrogen and oxygen atoms in total. The number of anilines is 3. The first-order valence-corrected chi connectivity index (χ1v) is 24.6. The maximum Gasteiger partial charge on any atom is 0.0714 e. The average molecular weight is 903 g/mol. The van der Waals surface area contributed by atoms with Crippen LogP contribution in [0.15, 0.2) is 279 Å². The molecule has 71 heavy (non-hydrogen) atoms. The molecule has 0 unspecified atom stereocenters. The molecule has 12 aromatic carbocycles. The minimum Gasteiger partial charge on any atom is -0.311 e. The molecule has 332 valence electrons. The summed E-state index contributed by atoms with van der Waals surface area (Å²) in [4.78, 5) is 2.32. The SMILES string of the molecule is c1ccc(N(c2ccccc2)c2ccc(-c3ccccc3-c3cc4c(c5ccccc35)c3cc5ccccc5cc3n4-c3ccc4c(c3)C(c3ccccc3)(c3ccccc3)c3ccccc3-4)cc2)cc1. The third-order valence-electron chi connectivity index (χ3n) is 15.0. The molecule has 0 saturated heterocycles. The molecule has 0 N–H and O–H groups in total. The fourth-order valence-electron chi connectivity index (χ4n) is 12.0. The van der Waals surface area contributed by atoms with Crippen molar-refractivity contribution < 1.29 is 0 Å². The predicted molar refractivity (Wildman–Crippen MR) is 299 cm³/mol. The molecule has 0 atom stereocenters. The predicted octanol–water partition coefficient (Wildman–Crippen LogP) is 18.3. The van der Waals surface area contributed by atoms with Crippen LogP contribution in [0, 0.1) is 0 Å². The van der Waals surface area contributed by atoms with Gasteiger partial charge in [-0.2, -0.15) is 0 Å². The second-order valence-electron chi connectivity index (χ2n) is 18.8. The fourth-order valence-corrected chi connectivity index (χ4v) is 12.0. The molecule has 1 aromatic heterocycles. The van der Waals surface area contributed by atoms with E-state index in [9.17, 15) is 0 Å². The summed E-state index contributed by atoms with van der Waals surface area (Å²) in [5.74, 6) is 0. The van der Waals surface area contributed by atoms with Crippen molar-refractivity contribution in [3.05, 3.63) is 301 Å².